The molecule has 0 saturated heterocycles. The summed E-state index contributed by atoms with van der Waals surface area (Å²) in [5.41, 5.74) is 1.31. The smallest absolute Gasteiger partial charge is 0.316 e. The molecule has 1 aromatic carbocycles. The normalized spacial score (nSPS) is 19.2. The van der Waals surface area contributed by atoms with Crippen molar-refractivity contribution in [2.45, 2.75) is 49.7 Å². The molecular formula is C15H20F3N. The van der Waals surface area contributed by atoms with Crippen molar-refractivity contribution in [3.05, 3.63) is 35.9 Å². The van der Waals surface area contributed by atoms with E-state index >= 15 is 0 Å². The largest absolute Gasteiger partial charge is 0.389 e. The second kappa shape index (κ2) is 5.53. The molecule has 1 aliphatic rings. The first-order chi connectivity index (χ1) is 8.98. The molecule has 0 aromatic heterocycles. The highest BCUT2D eigenvalue weighted by Crippen LogP contribution is 2.52. The van der Waals surface area contributed by atoms with E-state index in [1.807, 2.05) is 25.2 Å². The molecule has 106 valence electrons. The standard InChI is InChI=1S/C15H20F3N/c1-19-13(8-5-9-15(16,17)18)14(10-11-14)12-6-3-2-4-7-12/h2-4,6-7,13,19H,5,8-11H2,1H3. The Kier molecular flexibility index (Phi) is 4.19. The molecule has 1 aliphatic carbocycles. The first-order valence-corrected chi connectivity index (χ1v) is 6.77. The molecule has 1 atom stereocenters. The molecule has 1 aromatic rings. The van der Waals surface area contributed by atoms with Gasteiger partial charge in [0.1, 0.15) is 0 Å². The fourth-order valence-corrected chi connectivity index (χ4v) is 2.95. The third-order valence-electron chi connectivity index (χ3n) is 4.11. The minimum absolute atomic E-state index is 0.0572. The van der Waals surface area contributed by atoms with E-state index in [2.05, 4.69) is 17.4 Å². The maximum Gasteiger partial charge on any atom is 0.389 e. The van der Waals surface area contributed by atoms with Gasteiger partial charge in [0.05, 0.1) is 0 Å². The molecule has 1 unspecified atom stereocenters. The van der Waals surface area contributed by atoms with Crippen LogP contribution in [0, 0.1) is 0 Å². The van der Waals surface area contributed by atoms with E-state index < -0.39 is 12.6 Å². The predicted octanol–water partition coefficient (Wildman–Crippen LogP) is 4.04. The third-order valence-corrected chi connectivity index (χ3v) is 4.11. The third kappa shape index (κ3) is 3.50. The average Bonchev–Trinajstić information content (AvgIpc) is 3.16. The van der Waals surface area contributed by atoms with Crippen molar-refractivity contribution in [3.8, 4) is 0 Å². The second-order valence-electron chi connectivity index (χ2n) is 5.37. The lowest BCUT2D eigenvalue weighted by atomic mass is 9.85. The molecule has 0 radical (unpaired) electrons. The zero-order valence-corrected chi connectivity index (χ0v) is 11.1. The Morgan fingerprint density at radius 1 is 1.21 bits per heavy atom. The molecule has 0 spiro atoms. The number of halogens is 3. The number of alkyl halides is 3. The summed E-state index contributed by atoms with van der Waals surface area (Å²) in [7, 11) is 1.85. The van der Waals surface area contributed by atoms with Crippen molar-refractivity contribution < 1.29 is 13.2 Å². The van der Waals surface area contributed by atoms with E-state index in [1.54, 1.807) is 0 Å². The van der Waals surface area contributed by atoms with Crippen molar-refractivity contribution in [2.24, 2.45) is 0 Å². The minimum atomic E-state index is -4.04. The molecule has 1 N–H and O–H groups in total. The Morgan fingerprint density at radius 3 is 2.32 bits per heavy atom. The summed E-state index contributed by atoms with van der Waals surface area (Å²) >= 11 is 0. The van der Waals surface area contributed by atoms with Gasteiger partial charge in [0.15, 0.2) is 0 Å². The fraction of sp³-hybridized carbons (Fsp3) is 0.600. The summed E-state index contributed by atoms with van der Waals surface area (Å²) in [4.78, 5) is 0. The van der Waals surface area contributed by atoms with Crippen LogP contribution >= 0.6 is 0 Å². The Balaban J connectivity index is 1.98. The van der Waals surface area contributed by atoms with Gasteiger partial charge in [0.2, 0.25) is 0 Å². The molecule has 0 heterocycles. The van der Waals surface area contributed by atoms with Gasteiger partial charge in [-0.1, -0.05) is 30.3 Å². The molecule has 19 heavy (non-hydrogen) atoms. The predicted molar refractivity (Wildman–Crippen MR) is 70.1 cm³/mol. The molecule has 1 saturated carbocycles. The fourth-order valence-electron chi connectivity index (χ4n) is 2.95. The van der Waals surface area contributed by atoms with Crippen LogP contribution in [-0.4, -0.2) is 19.3 Å². The number of hydrogen-bond donors (Lipinski definition) is 1. The number of nitrogens with one attached hydrogen (secondary N) is 1. The van der Waals surface area contributed by atoms with Crippen LogP contribution in [0.2, 0.25) is 0 Å². The zero-order chi connectivity index (χ0) is 13.9. The highest BCUT2D eigenvalue weighted by Gasteiger charge is 2.49. The van der Waals surface area contributed by atoms with Crippen molar-refractivity contribution in [3.63, 3.8) is 0 Å². The molecule has 1 fully saturated rings. The number of benzene rings is 1. The van der Waals surface area contributed by atoms with Gasteiger partial charge in [0.25, 0.3) is 0 Å². The van der Waals surface area contributed by atoms with Gasteiger partial charge >= 0.3 is 6.18 Å². The van der Waals surface area contributed by atoms with Crippen molar-refractivity contribution >= 4 is 0 Å². The number of likely N-dealkylation sites (N-methyl/N-ethyl adjacent to an activating group) is 1. The van der Waals surface area contributed by atoms with Crippen molar-refractivity contribution in [2.75, 3.05) is 7.05 Å². The van der Waals surface area contributed by atoms with E-state index in [4.69, 9.17) is 0 Å². The van der Waals surface area contributed by atoms with E-state index in [0.29, 0.717) is 6.42 Å². The van der Waals surface area contributed by atoms with Gasteiger partial charge in [0, 0.05) is 17.9 Å². The zero-order valence-electron chi connectivity index (χ0n) is 11.1. The van der Waals surface area contributed by atoms with Gasteiger partial charge in [-0.3, -0.25) is 0 Å². The van der Waals surface area contributed by atoms with Gasteiger partial charge in [-0.2, -0.15) is 13.2 Å². The van der Waals surface area contributed by atoms with Gasteiger partial charge in [-0.15, -0.1) is 0 Å². The van der Waals surface area contributed by atoms with Crippen LogP contribution in [0.5, 0.6) is 0 Å². The van der Waals surface area contributed by atoms with E-state index in [9.17, 15) is 13.2 Å². The Labute approximate surface area is 112 Å². The van der Waals surface area contributed by atoms with Gasteiger partial charge < -0.3 is 5.32 Å². The van der Waals surface area contributed by atoms with Crippen LogP contribution < -0.4 is 5.32 Å². The van der Waals surface area contributed by atoms with Crippen molar-refractivity contribution in [1.29, 1.82) is 0 Å². The summed E-state index contributed by atoms with van der Waals surface area (Å²) in [6.45, 7) is 0. The Morgan fingerprint density at radius 2 is 1.84 bits per heavy atom. The van der Waals surface area contributed by atoms with Gasteiger partial charge in [-0.25, -0.2) is 0 Å². The van der Waals surface area contributed by atoms with Crippen LogP contribution in [0.25, 0.3) is 0 Å². The van der Waals surface area contributed by atoms with E-state index in [1.165, 1.54) is 5.56 Å². The Hall–Kier alpha value is -1.03. The van der Waals surface area contributed by atoms with Crippen LogP contribution in [0.3, 0.4) is 0 Å². The SMILES string of the molecule is CNC(CCCC(F)(F)F)C1(c2ccccc2)CC1. The summed E-state index contributed by atoms with van der Waals surface area (Å²) < 4.78 is 36.7. The summed E-state index contributed by atoms with van der Waals surface area (Å²) in [5, 5.41) is 3.22. The first kappa shape index (κ1) is 14.4. The quantitative estimate of drug-likeness (QED) is 0.823. The summed E-state index contributed by atoms with van der Waals surface area (Å²) in [5.74, 6) is 0. The topological polar surface area (TPSA) is 12.0 Å². The molecule has 2 rings (SSSR count). The van der Waals surface area contributed by atoms with E-state index in [0.717, 1.165) is 12.8 Å². The lowest BCUT2D eigenvalue weighted by Crippen LogP contribution is -2.38. The van der Waals surface area contributed by atoms with Gasteiger partial charge in [-0.05, 0) is 38.3 Å². The van der Waals surface area contributed by atoms with Crippen molar-refractivity contribution in [1.82, 2.24) is 5.32 Å². The highest BCUT2D eigenvalue weighted by atomic mass is 19.4. The maximum absolute atomic E-state index is 12.2. The molecule has 1 nitrogen and oxygen atoms in total. The molecule has 0 bridgehead atoms. The first-order valence-electron chi connectivity index (χ1n) is 6.77. The minimum Gasteiger partial charge on any atom is -0.316 e. The maximum atomic E-state index is 12.2. The van der Waals surface area contributed by atoms with E-state index in [-0.39, 0.29) is 17.9 Å². The average molecular weight is 271 g/mol. The molecule has 0 amide bonds. The highest BCUT2D eigenvalue weighted by molar-refractivity contribution is 5.33. The number of hydrogen-bond acceptors (Lipinski definition) is 1. The lowest BCUT2D eigenvalue weighted by molar-refractivity contribution is -0.135. The van der Waals surface area contributed by atoms with Crippen LogP contribution in [0.15, 0.2) is 30.3 Å². The summed E-state index contributed by atoms with van der Waals surface area (Å²) in [6.07, 6.45) is -1.82. The molecular weight excluding hydrogens is 251 g/mol. The number of rotatable bonds is 6. The molecule has 4 heteroatoms. The monoisotopic (exact) mass is 271 g/mol. The molecule has 0 aliphatic heterocycles. The van der Waals surface area contributed by atoms with Crippen LogP contribution in [0.1, 0.15) is 37.7 Å². The summed E-state index contributed by atoms with van der Waals surface area (Å²) in [6, 6.07) is 10.3. The second-order valence-corrected chi connectivity index (χ2v) is 5.37. The van der Waals surface area contributed by atoms with Crippen LogP contribution in [0.4, 0.5) is 13.2 Å². The lowest BCUT2D eigenvalue weighted by Gasteiger charge is -2.27. The Bertz CT molecular complexity index is 396. The van der Waals surface area contributed by atoms with Crippen LogP contribution in [-0.2, 0) is 5.41 Å².